The van der Waals surface area contributed by atoms with Crippen molar-refractivity contribution in [3.05, 3.63) is 29.3 Å². The van der Waals surface area contributed by atoms with Gasteiger partial charge in [-0.15, -0.1) is 0 Å². The second-order valence-corrected chi connectivity index (χ2v) is 7.05. The molecule has 1 aliphatic rings. The van der Waals surface area contributed by atoms with Crippen molar-refractivity contribution in [2.24, 2.45) is 0 Å². The number of sulfonamides is 1. The molecule has 1 amide bonds. The van der Waals surface area contributed by atoms with Crippen LogP contribution in [0.5, 0.6) is 0 Å². The molecule has 0 bridgehead atoms. The van der Waals surface area contributed by atoms with E-state index in [1.54, 1.807) is 12.1 Å². The summed E-state index contributed by atoms with van der Waals surface area (Å²) in [6.45, 7) is 5.09. The second-order valence-electron chi connectivity index (χ2n) is 5.11. The first-order valence-corrected chi connectivity index (χ1v) is 8.20. The fourth-order valence-corrected chi connectivity index (χ4v) is 3.77. The van der Waals surface area contributed by atoms with Crippen LogP contribution in [0.2, 0.25) is 0 Å². The average molecular weight is 312 g/mol. The fourth-order valence-electron chi connectivity index (χ4n) is 2.26. The van der Waals surface area contributed by atoms with E-state index in [1.807, 2.05) is 19.9 Å². The van der Waals surface area contributed by atoms with Crippen LogP contribution >= 0.6 is 0 Å². The Morgan fingerprint density at radius 2 is 1.71 bits per heavy atom. The Bertz CT molecular complexity index is 634. The minimum Gasteiger partial charge on any atom is -0.453 e. The van der Waals surface area contributed by atoms with Gasteiger partial charge < -0.3 is 9.64 Å². The fraction of sp³-hybridized carbons (Fsp3) is 0.500. The predicted octanol–water partition coefficient (Wildman–Crippen LogP) is 1.38. The molecular formula is C14H20N2O4S. The van der Waals surface area contributed by atoms with Crippen molar-refractivity contribution in [1.29, 1.82) is 0 Å². The zero-order valence-electron chi connectivity index (χ0n) is 12.5. The van der Waals surface area contributed by atoms with E-state index in [4.69, 9.17) is 0 Å². The van der Waals surface area contributed by atoms with Crippen LogP contribution in [-0.2, 0) is 14.8 Å². The lowest BCUT2D eigenvalue weighted by Crippen LogP contribution is -2.50. The van der Waals surface area contributed by atoms with Crippen molar-refractivity contribution in [1.82, 2.24) is 9.21 Å². The van der Waals surface area contributed by atoms with Gasteiger partial charge in [0.15, 0.2) is 0 Å². The molecule has 1 aliphatic heterocycles. The SMILES string of the molecule is COC(=O)N1CCN(S(=O)(=O)c2ccc(C)c(C)c2)CC1. The number of methoxy groups -OCH3 is 1. The van der Waals surface area contributed by atoms with Crippen LogP contribution in [0.25, 0.3) is 0 Å². The van der Waals surface area contributed by atoms with Gasteiger partial charge >= 0.3 is 6.09 Å². The highest BCUT2D eigenvalue weighted by atomic mass is 32.2. The summed E-state index contributed by atoms with van der Waals surface area (Å²) in [6, 6.07) is 5.13. The molecule has 0 unspecified atom stereocenters. The molecule has 0 radical (unpaired) electrons. The predicted molar refractivity (Wildman–Crippen MR) is 78.7 cm³/mol. The number of carbonyl (C=O) groups is 1. The number of amides is 1. The minimum absolute atomic E-state index is 0.282. The van der Waals surface area contributed by atoms with Gasteiger partial charge in [-0.2, -0.15) is 4.31 Å². The maximum absolute atomic E-state index is 12.6. The summed E-state index contributed by atoms with van der Waals surface area (Å²) < 4.78 is 31.2. The topological polar surface area (TPSA) is 66.9 Å². The summed E-state index contributed by atoms with van der Waals surface area (Å²) in [5.41, 5.74) is 2.01. The molecule has 0 atom stereocenters. The standard InChI is InChI=1S/C14H20N2O4S/c1-11-4-5-13(10-12(11)2)21(18,19)16-8-6-15(7-9-16)14(17)20-3/h4-5,10H,6-9H2,1-3H3. The van der Waals surface area contributed by atoms with Crippen LogP contribution < -0.4 is 0 Å². The molecule has 21 heavy (non-hydrogen) atoms. The van der Waals surface area contributed by atoms with Crippen LogP contribution in [0.4, 0.5) is 4.79 Å². The van der Waals surface area contributed by atoms with Crippen molar-refractivity contribution >= 4 is 16.1 Å². The Hall–Kier alpha value is -1.60. The summed E-state index contributed by atoms with van der Waals surface area (Å²) >= 11 is 0. The van der Waals surface area contributed by atoms with E-state index in [9.17, 15) is 13.2 Å². The molecule has 0 aromatic heterocycles. The first kappa shape index (κ1) is 15.8. The number of rotatable bonds is 2. The molecule has 2 rings (SSSR count). The highest BCUT2D eigenvalue weighted by molar-refractivity contribution is 7.89. The Morgan fingerprint density at radius 3 is 2.24 bits per heavy atom. The molecule has 1 aromatic rings. The average Bonchev–Trinajstić information content (AvgIpc) is 2.49. The highest BCUT2D eigenvalue weighted by Gasteiger charge is 2.30. The van der Waals surface area contributed by atoms with E-state index in [0.717, 1.165) is 11.1 Å². The number of hydrogen-bond donors (Lipinski definition) is 0. The summed E-state index contributed by atoms with van der Waals surface area (Å²) in [5.74, 6) is 0. The second kappa shape index (κ2) is 6.03. The number of benzene rings is 1. The molecule has 0 N–H and O–H groups in total. The molecule has 116 valence electrons. The maximum atomic E-state index is 12.6. The van der Waals surface area contributed by atoms with E-state index in [2.05, 4.69) is 4.74 Å². The Kier molecular flexibility index (Phi) is 4.53. The number of piperazine rings is 1. The number of aryl methyl sites for hydroxylation is 2. The van der Waals surface area contributed by atoms with Crippen molar-refractivity contribution < 1.29 is 17.9 Å². The monoisotopic (exact) mass is 312 g/mol. The van der Waals surface area contributed by atoms with Gasteiger partial charge in [-0.1, -0.05) is 6.07 Å². The van der Waals surface area contributed by atoms with Gasteiger partial charge in [0.1, 0.15) is 0 Å². The number of ether oxygens (including phenoxy) is 1. The normalized spacial score (nSPS) is 16.8. The summed E-state index contributed by atoms with van der Waals surface area (Å²) in [5, 5.41) is 0. The first-order valence-electron chi connectivity index (χ1n) is 6.76. The van der Waals surface area contributed by atoms with Crippen LogP contribution in [0.15, 0.2) is 23.1 Å². The summed E-state index contributed by atoms with van der Waals surface area (Å²) in [7, 11) is -2.18. The molecule has 0 aliphatic carbocycles. The van der Waals surface area contributed by atoms with Gasteiger partial charge in [-0.25, -0.2) is 13.2 Å². The number of hydrogen-bond acceptors (Lipinski definition) is 4. The molecular weight excluding hydrogens is 292 g/mol. The van der Waals surface area contributed by atoms with Crippen LogP contribution in [0.3, 0.4) is 0 Å². The Labute approximate surface area is 125 Å². The summed E-state index contributed by atoms with van der Waals surface area (Å²) in [6.07, 6.45) is -0.418. The van der Waals surface area contributed by atoms with Crippen molar-refractivity contribution in [2.45, 2.75) is 18.7 Å². The van der Waals surface area contributed by atoms with Gasteiger partial charge in [-0.3, -0.25) is 0 Å². The van der Waals surface area contributed by atoms with E-state index >= 15 is 0 Å². The van der Waals surface area contributed by atoms with Crippen molar-refractivity contribution in [3.63, 3.8) is 0 Å². The zero-order valence-corrected chi connectivity index (χ0v) is 13.3. The Morgan fingerprint density at radius 1 is 1.10 bits per heavy atom. The van der Waals surface area contributed by atoms with Crippen LogP contribution in [0, 0.1) is 13.8 Å². The van der Waals surface area contributed by atoms with Gasteiger partial charge in [0.2, 0.25) is 10.0 Å². The molecule has 1 aromatic carbocycles. The number of nitrogens with zero attached hydrogens (tertiary/aromatic N) is 2. The molecule has 0 spiro atoms. The largest absolute Gasteiger partial charge is 0.453 e. The van der Waals surface area contributed by atoms with Crippen LogP contribution in [-0.4, -0.2) is 57.0 Å². The zero-order chi connectivity index (χ0) is 15.6. The van der Waals surface area contributed by atoms with E-state index < -0.39 is 16.1 Å². The maximum Gasteiger partial charge on any atom is 0.409 e. The van der Waals surface area contributed by atoms with E-state index in [1.165, 1.54) is 16.3 Å². The quantitative estimate of drug-likeness (QED) is 0.827. The van der Waals surface area contributed by atoms with E-state index in [-0.39, 0.29) is 13.1 Å². The van der Waals surface area contributed by atoms with Crippen LogP contribution in [0.1, 0.15) is 11.1 Å². The van der Waals surface area contributed by atoms with Crippen molar-refractivity contribution in [3.8, 4) is 0 Å². The highest BCUT2D eigenvalue weighted by Crippen LogP contribution is 2.20. The molecule has 0 saturated carbocycles. The number of carbonyl (C=O) groups excluding carboxylic acids is 1. The lowest BCUT2D eigenvalue weighted by Gasteiger charge is -2.33. The lowest BCUT2D eigenvalue weighted by molar-refractivity contribution is 0.108. The smallest absolute Gasteiger partial charge is 0.409 e. The minimum atomic E-state index is -3.50. The molecule has 7 heteroatoms. The Balaban J connectivity index is 2.14. The first-order chi connectivity index (χ1) is 9.86. The van der Waals surface area contributed by atoms with Gasteiger partial charge in [0.05, 0.1) is 12.0 Å². The summed E-state index contributed by atoms with van der Waals surface area (Å²) in [4.78, 5) is 13.2. The third-order valence-corrected chi connectivity index (χ3v) is 5.68. The lowest BCUT2D eigenvalue weighted by atomic mass is 10.1. The molecule has 6 nitrogen and oxygen atoms in total. The third-order valence-electron chi connectivity index (χ3n) is 3.79. The third kappa shape index (κ3) is 3.19. The molecule has 1 fully saturated rings. The van der Waals surface area contributed by atoms with E-state index in [0.29, 0.717) is 18.0 Å². The molecule has 1 heterocycles. The van der Waals surface area contributed by atoms with Gasteiger partial charge in [-0.05, 0) is 37.1 Å². The van der Waals surface area contributed by atoms with Crippen molar-refractivity contribution in [2.75, 3.05) is 33.3 Å². The van der Waals surface area contributed by atoms with Gasteiger partial charge in [0, 0.05) is 26.2 Å². The molecule has 1 saturated heterocycles. The van der Waals surface area contributed by atoms with Gasteiger partial charge in [0.25, 0.3) is 0 Å².